The average molecular weight is 566 g/mol. The second-order valence-corrected chi connectivity index (χ2v) is 10.6. The molecule has 2 aromatic carbocycles. The Morgan fingerprint density at radius 1 is 0.951 bits per heavy atom. The molecule has 0 saturated carbocycles. The number of nitrogens with zero attached hydrogens (tertiary/aromatic N) is 3. The van der Waals surface area contributed by atoms with Crippen molar-refractivity contribution in [1.82, 2.24) is 14.8 Å². The molecule has 3 rings (SSSR count). The minimum atomic E-state index is -0.676. The molecule has 5 N–H and O–H groups in total. The van der Waals surface area contributed by atoms with Gasteiger partial charge in [-0.05, 0) is 76.8 Å². The summed E-state index contributed by atoms with van der Waals surface area (Å²) in [4.78, 5) is 45.9. The topological polar surface area (TPSA) is 142 Å². The molecule has 12 heteroatoms. The van der Waals surface area contributed by atoms with Crippen molar-refractivity contribution in [1.29, 1.82) is 0 Å². The Kier molecular flexibility index (Phi) is 10.2. The fourth-order valence-corrected chi connectivity index (χ4v) is 3.55. The number of carbonyl (C=O) groups is 3. The van der Waals surface area contributed by atoms with Gasteiger partial charge in [-0.15, -0.1) is 0 Å². The first kappa shape index (κ1) is 30.8. The zero-order valence-corrected chi connectivity index (χ0v) is 23.8. The number of likely N-dealkylation sites (N-methyl/N-ethyl adjacent to an activating group) is 1. The molecular formula is C29H36FN7O4. The molecule has 0 radical (unpaired) electrons. The number of hydrogen-bond acceptors (Lipinski definition) is 7. The maximum Gasteiger partial charge on any atom is 0.412 e. The van der Waals surface area contributed by atoms with Crippen LogP contribution < -0.4 is 21.7 Å². The fraction of sp³-hybridized carbons (Fsp3) is 0.310. The first-order valence-electron chi connectivity index (χ1n) is 12.9. The highest BCUT2D eigenvalue weighted by Gasteiger charge is 2.19. The molecule has 4 amide bonds. The predicted molar refractivity (Wildman–Crippen MR) is 157 cm³/mol. The standard InChI is InChI=1S/C29H36FN7O4/c1-29(2,3)41-28(40)35-24-9-7-6-8-23(24)34-26(38)25-13-10-19(17-32-25)18-37(15-14-36(4)5)27(39)33-20-11-12-22(31)21(30)16-20/h6-13,16-17H,14-15,18,31H2,1-5H3,(H,33,39)(H,34,38)(H,35,40). The summed E-state index contributed by atoms with van der Waals surface area (Å²) in [5.41, 5.74) is 6.69. The van der Waals surface area contributed by atoms with Crippen molar-refractivity contribution in [2.45, 2.75) is 32.9 Å². The molecule has 0 aliphatic rings. The SMILES string of the molecule is CN(C)CCN(Cc1ccc(C(=O)Nc2ccccc2NC(=O)OC(C)(C)C)nc1)C(=O)Nc1ccc(N)c(F)c1. The van der Waals surface area contributed by atoms with Gasteiger partial charge in [-0.25, -0.2) is 14.0 Å². The molecule has 0 unspecified atom stereocenters. The number of amides is 4. The number of aromatic nitrogens is 1. The van der Waals surface area contributed by atoms with Gasteiger partial charge in [0.2, 0.25) is 0 Å². The Labute approximate surface area is 238 Å². The van der Waals surface area contributed by atoms with E-state index in [0.29, 0.717) is 30.0 Å². The van der Waals surface area contributed by atoms with Crippen molar-refractivity contribution in [3.8, 4) is 0 Å². The van der Waals surface area contributed by atoms with Gasteiger partial charge in [-0.3, -0.25) is 15.1 Å². The smallest absolute Gasteiger partial charge is 0.412 e. The van der Waals surface area contributed by atoms with Gasteiger partial charge in [0.1, 0.15) is 17.1 Å². The van der Waals surface area contributed by atoms with Gasteiger partial charge < -0.3 is 30.9 Å². The van der Waals surface area contributed by atoms with Gasteiger partial charge in [-0.2, -0.15) is 0 Å². The Morgan fingerprint density at radius 3 is 2.22 bits per heavy atom. The fourth-order valence-electron chi connectivity index (χ4n) is 3.55. The molecule has 11 nitrogen and oxygen atoms in total. The largest absolute Gasteiger partial charge is 0.444 e. The van der Waals surface area contributed by atoms with Crippen molar-refractivity contribution in [3.63, 3.8) is 0 Å². The van der Waals surface area contributed by atoms with E-state index in [9.17, 15) is 18.8 Å². The summed E-state index contributed by atoms with van der Waals surface area (Å²) >= 11 is 0. The number of halogens is 1. The second-order valence-electron chi connectivity index (χ2n) is 10.6. The van der Waals surface area contributed by atoms with Crippen LogP contribution in [-0.2, 0) is 11.3 Å². The van der Waals surface area contributed by atoms with Crippen LogP contribution in [-0.4, -0.2) is 65.6 Å². The molecule has 0 aliphatic heterocycles. The Morgan fingerprint density at radius 2 is 1.63 bits per heavy atom. The molecule has 1 aromatic heterocycles. The summed E-state index contributed by atoms with van der Waals surface area (Å²) in [6, 6.07) is 13.6. The van der Waals surface area contributed by atoms with E-state index in [1.807, 2.05) is 19.0 Å². The lowest BCUT2D eigenvalue weighted by Crippen LogP contribution is -2.39. The van der Waals surface area contributed by atoms with Crippen molar-refractivity contribution in [3.05, 3.63) is 77.9 Å². The molecule has 0 aliphatic carbocycles. The summed E-state index contributed by atoms with van der Waals surface area (Å²) in [5, 5.41) is 8.08. The highest BCUT2D eigenvalue weighted by molar-refractivity contribution is 6.05. The van der Waals surface area contributed by atoms with E-state index in [1.54, 1.807) is 62.1 Å². The van der Waals surface area contributed by atoms with E-state index < -0.39 is 29.4 Å². The molecule has 0 fully saturated rings. The quantitative estimate of drug-likeness (QED) is 0.268. The summed E-state index contributed by atoms with van der Waals surface area (Å²) in [5.74, 6) is -1.11. The molecule has 0 spiro atoms. The molecule has 1 heterocycles. The van der Waals surface area contributed by atoms with Crippen LogP contribution in [0.3, 0.4) is 0 Å². The Hall–Kier alpha value is -4.71. The number of hydrogen-bond donors (Lipinski definition) is 4. The van der Waals surface area contributed by atoms with E-state index in [1.165, 1.54) is 18.3 Å². The highest BCUT2D eigenvalue weighted by atomic mass is 19.1. The van der Waals surface area contributed by atoms with Crippen molar-refractivity contribution in [2.24, 2.45) is 0 Å². The highest BCUT2D eigenvalue weighted by Crippen LogP contribution is 2.23. The van der Waals surface area contributed by atoms with Gasteiger partial charge in [0.25, 0.3) is 5.91 Å². The van der Waals surface area contributed by atoms with E-state index in [4.69, 9.17) is 10.5 Å². The van der Waals surface area contributed by atoms with E-state index in [0.717, 1.165) is 6.07 Å². The zero-order valence-electron chi connectivity index (χ0n) is 23.8. The van der Waals surface area contributed by atoms with Gasteiger partial charge >= 0.3 is 12.1 Å². The number of pyridine rings is 1. The van der Waals surface area contributed by atoms with Crippen LogP contribution >= 0.6 is 0 Å². The van der Waals surface area contributed by atoms with Gasteiger partial charge in [0.15, 0.2) is 0 Å². The summed E-state index contributed by atoms with van der Waals surface area (Å²) in [7, 11) is 3.78. The minimum absolute atomic E-state index is 0.00884. The van der Waals surface area contributed by atoms with Crippen LogP contribution in [0, 0.1) is 5.82 Å². The monoisotopic (exact) mass is 565 g/mol. The molecule has 0 saturated heterocycles. The number of benzene rings is 2. The van der Waals surface area contributed by atoms with Gasteiger partial charge in [0.05, 0.1) is 17.1 Å². The molecule has 218 valence electrons. The van der Waals surface area contributed by atoms with Crippen LogP contribution in [0.4, 0.5) is 36.7 Å². The maximum absolute atomic E-state index is 13.8. The number of nitrogen functional groups attached to an aromatic ring is 1. The van der Waals surface area contributed by atoms with Gasteiger partial charge in [-0.1, -0.05) is 18.2 Å². The number of urea groups is 1. The predicted octanol–water partition coefficient (Wildman–Crippen LogP) is 5.00. The Bertz CT molecular complexity index is 1370. The summed E-state index contributed by atoms with van der Waals surface area (Å²) in [6.45, 7) is 6.45. The average Bonchev–Trinajstić information content (AvgIpc) is 2.89. The lowest BCUT2D eigenvalue weighted by atomic mass is 10.2. The molecule has 0 bridgehead atoms. The zero-order chi connectivity index (χ0) is 30.2. The van der Waals surface area contributed by atoms with Crippen molar-refractivity contribution >= 4 is 40.8 Å². The van der Waals surface area contributed by atoms with Gasteiger partial charge in [0, 0.05) is 31.5 Å². The number of carbonyl (C=O) groups excluding carboxylic acids is 3. The number of anilines is 4. The van der Waals surface area contributed by atoms with Crippen LogP contribution in [0.15, 0.2) is 60.8 Å². The molecule has 3 aromatic rings. The number of ether oxygens (including phenoxy) is 1. The third-order valence-corrected chi connectivity index (χ3v) is 5.60. The molecular weight excluding hydrogens is 529 g/mol. The first-order valence-corrected chi connectivity index (χ1v) is 12.9. The first-order chi connectivity index (χ1) is 19.3. The van der Waals surface area contributed by atoms with Crippen LogP contribution in [0.2, 0.25) is 0 Å². The number of rotatable bonds is 9. The number of para-hydroxylation sites is 2. The Balaban J connectivity index is 1.68. The third kappa shape index (κ3) is 9.76. The number of nitrogens with two attached hydrogens (primary N) is 1. The van der Waals surface area contributed by atoms with Crippen LogP contribution in [0.25, 0.3) is 0 Å². The maximum atomic E-state index is 13.8. The van der Waals surface area contributed by atoms with Crippen molar-refractivity contribution in [2.75, 3.05) is 48.9 Å². The van der Waals surface area contributed by atoms with E-state index in [2.05, 4.69) is 20.9 Å². The van der Waals surface area contributed by atoms with E-state index >= 15 is 0 Å². The lowest BCUT2D eigenvalue weighted by Gasteiger charge is -2.25. The van der Waals surface area contributed by atoms with E-state index in [-0.39, 0.29) is 23.6 Å². The van der Waals surface area contributed by atoms with Crippen LogP contribution in [0.1, 0.15) is 36.8 Å². The lowest BCUT2D eigenvalue weighted by molar-refractivity contribution is 0.0635. The van der Waals surface area contributed by atoms with Crippen molar-refractivity contribution < 1.29 is 23.5 Å². The summed E-state index contributed by atoms with van der Waals surface area (Å²) < 4.78 is 19.1. The third-order valence-electron chi connectivity index (χ3n) is 5.60. The second kappa shape index (κ2) is 13.6. The normalized spacial score (nSPS) is 11.1. The minimum Gasteiger partial charge on any atom is -0.444 e. The van der Waals surface area contributed by atoms with Crippen LogP contribution in [0.5, 0.6) is 0 Å². The molecule has 41 heavy (non-hydrogen) atoms. The summed E-state index contributed by atoms with van der Waals surface area (Å²) in [6.07, 6.45) is 0.865. The molecule has 0 atom stereocenters. The number of nitrogens with one attached hydrogen (secondary N) is 3.